The van der Waals surface area contributed by atoms with Gasteiger partial charge in [-0.3, -0.25) is 0 Å². The van der Waals surface area contributed by atoms with E-state index in [1.54, 1.807) is 6.20 Å². The van der Waals surface area contributed by atoms with Gasteiger partial charge in [0.05, 0.1) is 0 Å². The van der Waals surface area contributed by atoms with Crippen LogP contribution in [0, 0.1) is 0 Å². The van der Waals surface area contributed by atoms with Crippen LogP contribution in [0.3, 0.4) is 0 Å². The zero-order valence-electron chi connectivity index (χ0n) is 7.06. The van der Waals surface area contributed by atoms with Gasteiger partial charge in [-0.1, -0.05) is 0 Å². The van der Waals surface area contributed by atoms with Gasteiger partial charge < -0.3 is 9.67 Å². The molecule has 0 atom stereocenters. The SMILES string of the molecule is Cl.O=C(O)c1cn2c(n1)CCCC2. The van der Waals surface area contributed by atoms with Gasteiger partial charge >= 0.3 is 5.97 Å². The highest BCUT2D eigenvalue weighted by atomic mass is 35.5. The molecule has 1 N–H and O–H groups in total. The molecule has 0 fully saturated rings. The monoisotopic (exact) mass is 202 g/mol. The van der Waals surface area contributed by atoms with E-state index in [0.29, 0.717) is 0 Å². The second-order valence-corrected chi connectivity index (χ2v) is 3.00. The molecule has 0 saturated heterocycles. The van der Waals surface area contributed by atoms with Gasteiger partial charge in [0, 0.05) is 19.2 Å². The number of carboxylic acids is 1. The first-order valence-electron chi connectivity index (χ1n) is 4.07. The van der Waals surface area contributed by atoms with Crippen molar-refractivity contribution in [1.29, 1.82) is 0 Å². The topological polar surface area (TPSA) is 55.1 Å². The minimum absolute atomic E-state index is 0. The Hall–Kier alpha value is -1.03. The molecule has 0 unspecified atom stereocenters. The van der Waals surface area contributed by atoms with Crippen LogP contribution < -0.4 is 0 Å². The van der Waals surface area contributed by atoms with Crippen LogP contribution in [-0.4, -0.2) is 20.6 Å². The Labute approximate surface area is 82.0 Å². The molecule has 0 aromatic carbocycles. The van der Waals surface area contributed by atoms with Crippen LogP contribution in [0.4, 0.5) is 0 Å². The Balaban J connectivity index is 0.000000845. The lowest BCUT2D eigenvalue weighted by molar-refractivity contribution is 0.0691. The summed E-state index contributed by atoms with van der Waals surface area (Å²) in [7, 11) is 0. The van der Waals surface area contributed by atoms with Crippen LogP contribution in [0.2, 0.25) is 0 Å². The molecular formula is C8H11ClN2O2. The van der Waals surface area contributed by atoms with E-state index in [1.807, 2.05) is 4.57 Å². The van der Waals surface area contributed by atoms with Crippen LogP contribution in [0.15, 0.2) is 6.20 Å². The van der Waals surface area contributed by atoms with Crippen molar-refractivity contribution in [3.8, 4) is 0 Å². The summed E-state index contributed by atoms with van der Waals surface area (Å²) in [6.07, 6.45) is 4.78. The first-order chi connectivity index (χ1) is 5.77. The number of carbonyl (C=O) groups is 1. The molecule has 0 radical (unpaired) electrons. The first-order valence-corrected chi connectivity index (χ1v) is 4.07. The minimum Gasteiger partial charge on any atom is -0.476 e. The molecular weight excluding hydrogens is 192 g/mol. The van der Waals surface area contributed by atoms with E-state index in [0.717, 1.165) is 31.6 Å². The van der Waals surface area contributed by atoms with E-state index in [-0.39, 0.29) is 18.1 Å². The molecule has 1 aromatic rings. The molecule has 0 spiro atoms. The van der Waals surface area contributed by atoms with E-state index < -0.39 is 5.97 Å². The molecule has 2 heterocycles. The summed E-state index contributed by atoms with van der Waals surface area (Å²) in [6, 6.07) is 0. The average Bonchev–Trinajstić information content (AvgIpc) is 2.46. The quantitative estimate of drug-likeness (QED) is 0.748. The number of nitrogens with zero attached hydrogens (tertiary/aromatic N) is 2. The largest absolute Gasteiger partial charge is 0.476 e. The lowest BCUT2D eigenvalue weighted by atomic mass is 10.2. The molecule has 13 heavy (non-hydrogen) atoms. The Bertz CT molecular complexity index is 298. The second kappa shape index (κ2) is 3.79. The van der Waals surface area contributed by atoms with Crippen LogP contribution in [0.25, 0.3) is 0 Å². The van der Waals surface area contributed by atoms with E-state index in [4.69, 9.17) is 5.11 Å². The van der Waals surface area contributed by atoms with Crippen molar-refractivity contribution in [2.75, 3.05) is 0 Å². The van der Waals surface area contributed by atoms with Crippen LogP contribution in [-0.2, 0) is 13.0 Å². The molecule has 0 amide bonds. The Kier molecular flexibility index (Phi) is 2.93. The lowest BCUT2D eigenvalue weighted by Crippen LogP contribution is -2.08. The predicted octanol–water partition coefficient (Wildman–Crippen LogP) is 1.34. The van der Waals surface area contributed by atoms with Gasteiger partial charge in [0.25, 0.3) is 0 Å². The van der Waals surface area contributed by atoms with Crippen molar-refractivity contribution in [1.82, 2.24) is 9.55 Å². The summed E-state index contributed by atoms with van der Waals surface area (Å²) in [6.45, 7) is 0.912. The smallest absolute Gasteiger partial charge is 0.356 e. The molecule has 72 valence electrons. The van der Waals surface area contributed by atoms with E-state index in [2.05, 4.69) is 4.98 Å². The second-order valence-electron chi connectivity index (χ2n) is 3.00. The molecule has 1 aliphatic rings. The number of imidazole rings is 1. The molecule has 0 saturated carbocycles. The van der Waals surface area contributed by atoms with Crippen LogP contribution in [0.1, 0.15) is 29.2 Å². The average molecular weight is 203 g/mol. The number of hydrogen-bond donors (Lipinski definition) is 1. The van der Waals surface area contributed by atoms with Gasteiger partial charge in [-0.2, -0.15) is 0 Å². The first kappa shape index (κ1) is 10.1. The summed E-state index contributed by atoms with van der Waals surface area (Å²) in [5, 5.41) is 8.66. The number of aromatic nitrogens is 2. The third kappa shape index (κ3) is 1.83. The van der Waals surface area contributed by atoms with Crippen molar-refractivity contribution in [3.05, 3.63) is 17.7 Å². The van der Waals surface area contributed by atoms with Gasteiger partial charge in [0.15, 0.2) is 5.69 Å². The summed E-state index contributed by atoms with van der Waals surface area (Å²) in [5.74, 6) is -0.0180. The standard InChI is InChI=1S/C8H10N2O2.ClH/c11-8(12)6-5-10-4-2-1-3-7(10)9-6;/h5H,1-4H2,(H,11,12);1H. The fourth-order valence-corrected chi connectivity index (χ4v) is 1.52. The summed E-state index contributed by atoms with van der Waals surface area (Å²) in [4.78, 5) is 14.6. The highest BCUT2D eigenvalue weighted by Gasteiger charge is 2.15. The Morgan fingerprint density at radius 2 is 2.31 bits per heavy atom. The van der Waals surface area contributed by atoms with Crippen LogP contribution in [0.5, 0.6) is 0 Å². The summed E-state index contributed by atoms with van der Waals surface area (Å²) in [5.41, 5.74) is 0.173. The third-order valence-electron chi connectivity index (χ3n) is 2.13. The van der Waals surface area contributed by atoms with Crippen molar-refractivity contribution >= 4 is 18.4 Å². The van der Waals surface area contributed by atoms with Gasteiger partial charge in [0.1, 0.15) is 5.82 Å². The summed E-state index contributed by atoms with van der Waals surface area (Å²) >= 11 is 0. The van der Waals surface area contributed by atoms with Crippen molar-refractivity contribution < 1.29 is 9.90 Å². The number of aryl methyl sites for hydroxylation is 2. The van der Waals surface area contributed by atoms with Crippen molar-refractivity contribution in [3.63, 3.8) is 0 Å². The maximum absolute atomic E-state index is 10.5. The fourth-order valence-electron chi connectivity index (χ4n) is 1.52. The number of carboxylic acid groups (broad SMARTS) is 1. The maximum Gasteiger partial charge on any atom is 0.356 e. The van der Waals surface area contributed by atoms with Crippen molar-refractivity contribution in [2.45, 2.75) is 25.8 Å². The molecule has 1 aliphatic heterocycles. The molecule has 5 heteroatoms. The lowest BCUT2D eigenvalue weighted by Gasteiger charge is -2.11. The molecule has 0 aliphatic carbocycles. The summed E-state index contributed by atoms with van der Waals surface area (Å²) < 4.78 is 1.94. The van der Waals surface area contributed by atoms with Gasteiger partial charge in [0.2, 0.25) is 0 Å². The number of rotatable bonds is 1. The molecule has 0 bridgehead atoms. The third-order valence-corrected chi connectivity index (χ3v) is 2.13. The van der Waals surface area contributed by atoms with Crippen molar-refractivity contribution in [2.24, 2.45) is 0 Å². The van der Waals surface area contributed by atoms with E-state index in [1.165, 1.54) is 0 Å². The van der Waals surface area contributed by atoms with Gasteiger partial charge in [-0.15, -0.1) is 12.4 Å². The van der Waals surface area contributed by atoms with Gasteiger partial charge in [-0.25, -0.2) is 9.78 Å². The van der Waals surface area contributed by atoms with Crippen LogP contribution >= 0.6 is 12.4 Å². The number of aromatic carboxylic acids is 1. The fraction of sp³-hybridized carbons (Fsp3) is 0.500. The molecule has 4 nitrogen and oxygen atoms in total. The number of halogens is 1. The molecule has 2 rings (SSSR count). The maximum atomic E-state index is 10.5. The predicted molar refractivity (Wildman–Crippen MR) is 49.4 cm³/mol. The minimum atomic E-state index is -0.933. The highest BCUT2D eigenvalue weighted by Crippen LogP contribution is 2.14. The number of hydrogen-bond acceptors (Lipinski definition) is 2. The Morgan fingerprint density at radius 1 is 1.54 bits per heavy atom. The normalized spacial score (nSPS) is 14.5. The zero-order valence-corrected chi connectivity index (χ0v) is 7.88. The number of fused-ring (bicyclic) bond motifs is 1. The van der Waals surface area contributed by atoms with E-state index >= 15 is 0 Å². The van der Waals surface area contributed by atoms with Gasteiger partial charge in [-0.05, 0) is 12.8 Å². The highest BCUT2D eigenvalue weighted by molar-refractivity contribution is 5.85. The Morgan fingerprint density at radius 3 is 2.92 bits per heavy atom. The van der Waals surface area contributed by atoms with E-state index in [9.17, 15) is 4.79 Å². The zero-order chi connectivity index (χ0) is 8.55. The molecule has 1 aromatic heterocycles.